The van der Waals surface area contributed by atoms with Crippen LogP contribution in [0.1, 0.15) is 18.9 Å². The van der Waals surface area contributed by atoms with Gasteiger partial charge in [-0.15, -0.1) is 0 Å². The number of rotatable bonds is 2. The van der Waals surface area contributed by atoms with Crippen molar-refractivity contribution < 1.29 is 0 Å². The molecular weight excluding hydrogens is 222 g/mol. The Kier molecular flexibility index (Phi) is 3.06. The third-order valence-corrected chi connectivity index (χ3v) is 3.33. The van der Waals surface area contributed by atoms with Crippen LogP contribution in [0.3, 0.4) is 0 Å². The van der Waals surface area contributed by atoms with Gasteiger partial charge in [-0.3, -0.25) is 5.41 Å². The summed E-state index contributed by atoms with van der Waals surface area (Å²) in [6.45, 7) is 4.36. The summed E-state index contributed by atoms with van der Waals surface area (Å²) in [4.78, 5) is 2.29. The summed E-state index contributed by atoms with van der Waals surface area (Å²) >= 11 is 6.21. The molecule has 1 saturated heterocycles. The van der Waals surface area contributed by atoms with Crippen LogP contribution in [0, 0.1) is 11.3 Å². The van der Waals surface area contributed by atoms with E-state index in [1.165, 1.54) is 6.42 Å². The van der Waals surface area contributed by atoms with Crippen molar-refractivity contribution in [1.82, 2.24) is 0 Å². The average Bonchev–Trinajstić information content (AvgIpc) is 2.64. The van der Waals surface area contributed by atoms with E-state index >= 15 is 0 Å². The Morgan fingerprint density at radius 2 is 2.31 bits per heavy atom. The smallest absolute Gasteiger partial charge is 0.122 e. The van der Waals surface area contributed by atoms with E-state index in [0.717, 1.165) is 24.7 Å². The molecule has 0 spiro atoms. The summed E-state index contributed by atoms with van der Waals surface area (Å²) in [5, 5.41) is 8.03. The SMILES string of the molecule is CC1CCN(c2ccc(C(=N)N)cc2Cl)C1. The van der Waals surface area contributed by atoms with Crippen molar-refractivity contribution in [1.29, 1.82) is 5.41 Å². The van der Waals surface area contributed by atoms with Gasteiger partial charge in [0.2, 0.25) is 0 Å². The number of halogens is 1. The van der Waals surface area contributed by atoms with Gasteiger partial charge in [0.15, 0.2) is 0 Å². The Morgan fingerprint density at radius 3 is 2.81 bits per heavy atom. The van der Waals surface area contributed by atoms with Crippen LogP contribution in [0.2, 0.25) is 5.02 Å². The molecule has 3 nitrogen and oxygen atoms in total. The van der Waals surface area contributed by atoms with Gasteiger partial charge in [-0.2, -0.15) is 0 Å². The predicted octanol–water partition coefficient (Wildman–Crippen LogP) is 2.47. The Bertz CT molecular complexity index is 417. The van der Waals surface area contributed by atoms with Gasteiger partial charge in [0, 0.05) is 18.7 Å². The number of benzene rings is 1. The van der Waals surface area contributed by atoms with Gasteiger partial charge in [0.05, 0.1) is 10.7 Å². The van der Waals surface area contributed by atoms with Gasteiger partial charge in [-0.1, -0.05) is 18.5 Å². The summed E-state index contributed by atoms with van der Waals surface area (Å²) < 4.78 is 0. The largest absolute Gasteiger partial charge is 0.384 e. The highest BCUT2D eigenvalue weighted by Crippen LogP contribution is 2.30. The van der Waals surface area contributed by atoms with E-state index in [0.29, 0.717) is 10.6 Å². The third kappa shape index (κ3) is 2.14. The minimum atomic E-state index is 0.0586. The maximum atomic E-state index is 7.35. The Labute approximate surface area is 101 Å². The lowest BCUT2D eigenvalue weighted by atomic mass is 10.1. The first-order chi connectivity index (χ1) is 7.58. The molecule has 86 valence electrons. The molecule has 1 unspecified atom stereocenters. The second-order valence-corrected chi connectivity index (χ2v) is 4.83. The molecule has 0 bridgehead atoms. The fourth-order valence-corrected chi connectivity index (χ4v) is 2.38. The van der Waals surface area contributed by atoms with Crippen molar-refractivity contribution in [2.75, 3.05) is 18.0 Å². The molecule has 1 fully saturated rings. The highest BCUT2D eigenvalue weighted by molar-refractivity contribution is 6.33. The minimum absolute atomic E-state index is 0.0586. The van der Waals surface area contributed by atoms with E-state index in [2.05, 4.69) is 11.8 Å². The van der Waals surface area contributed by atoms with Crippen LogP contribution in [-0.2, 0) is 0 Å². The number of nitrogens with two attached hydrogens (primary N) is 1. The first-order valence-corrected chi connectivity index (χ1v) is 5.84. The van der Waals surface area contributed by atoms with Gasteiger partial charge in [0.1, 0.15) is 5.84 Å². The lowest BCUT2D eigenvalue weighted by molar-refractivity contribution is 0.659. The minimum Gasteiger partial charge on any atom is -0.384 e. The van der Waals surface area contributed by atoms with Crippen molar-refractivity contribution in [2.24, 2.45) is 11.7 Å². The molecule has 0 amide bonds. The monoisotopic (exact) mass is 237 g/mol. The van der Waals surface area contributed by atoms with Crippen LogP contribution in [0.5, 0.6) is 0 Å². The molecule has 4 heteroatoms. The molecule has 1 atom stereocenters. The van der Waals surface area contributed by atoms with Gasteiger partial charge in [0.25, 0.3) is 0 Å². The lowest BCUT2D eigenvalue weighted by Crippen LogP contribution is -2.20. The molecule has 16 heavy (non-hydrogen) atoms. The molecule has 1 aliphatic rings. The molecule has 1 aromatic rings. The number of hydrogen-bond donors (Lipinski definition) is 2. The topological polar surface area (TPSA) is 53.1 Å². The second kappa shape index (κ2) is 4.34. The molecule has 0 aromatic heterocycles. The number of hydrogen-bond acceptors (Lipinski definition) is 2. The fourth-order valence-electron chi connectivity index (χ4n) is 2.08. The maximum absolute atomic E-state index is 7.35. The van der Waals surface area contributed by atoms with E-state index < -0.39 is 0 Å². The highest BCUT2D eigenvalue weighted by atomic mass is 35.5. The van der Waals surface area contributed by atoms with Crippen LogP contribution in [0.15, 0.2) is 18.2 Å². The molecule has 0 radical (unpaired) electrons. The summed E-state index contributed by atoms with van der Waals surface area (Å²) in [7, 11) is 0. The second-order valence-electron chi connectivity index (χ2n) is 4.42. The summed E-state index contributed by atoms with van der Waals surface area (Å²) in [5.41, 5.74) is 7.15. The summed E-state index contributed by atoms with van der Waals surface area (Å²) in [6.07, 6.45) is 1.21. The first-order valence-electron chi connectivity index (χ1n) is 5.47. The summed E-state index contributed by atoms with van der Waals surface area (Å²) in [6, 6.07) is 5.58. The average molecular weight is 238 g/mol. The molecular formula is C12H16ClN3. The number of amidine groups is 1. The number of anilines is 1. The van der Waals surface area contributed by atoms with Gasteiger partial charge >= 0.3 is 0 Å². The molecule has 1 heterocycles. The van der Waals surface area contributed by atoms with E-state index in [1.54, 1.807) is 6.07 Å². The van der Waals surface area contributed by atoms with Crippen molar-refractivity contribution >= 4 is 23.1 Å². The van der Waals surface area contributed by atoms with Crippen molar-refractivity contribution in [3.05, 3.63) is 28.8 Å². The van der Waals surface area contributed by atoms with E-state index in [9.17, 15) is 0 Å². The Hall–Kier alpha value is -1.22. The Morgan fingerprint density at radius 1 is 1.56 bits per heavy atom. The van der Waals surface area contributed by atoms with Crippen molar-refractivity contribution in [3.63, 3.8) is 0 Å². The maximum Gasteiger partial charge on any atom is 0.122 e. The quantitative estimate of drug-likeness (QED) is 0.613. The van der Waals surface area contributed by atoms with Crippen LogP contribution >= 0.6 is 11.6 Å². The molecule has 1 aliphatic heterocycles. The molecule has 2 rings (SSSR count). The lowest BCUT2D eigenvalue weighted by Gasteiger charge is -2.20. The van der Waals surface area contributed by atoms with Crippen LogP contribution in [0.25, 0.3) is 0 Å². The number of nitrogens with one attached hydrogen (secondary N) is 1. The highest BCUT2D eigenvalue weighted by Gasteiger charge is 2.20. The van der Waals surface area contributed by atoms with Crippen molar-refractivity contribution in [3.8, 4) is 0 Å². The summed E-state index contributed by atoms with van der Waals surface area (Å²) in [5.74, 6) is 0.784. The standard InChI is InChI=1S/C12H16ClN3/c1-8-4-5-16(7-8)11-3-2-9(12(14)15)6-10(11)13/h2-3,6,8H,4-5,7H2,1H3,(H3,14,15). The molecule has 3 N–H and O–H groups in total. The zero-order valence-electron chi connectivity index (χ0n) is 9.33. The van der Waals surface area contributed by atoms with E-state index in [4.69, 9.17) is 22.7 Å². The van der Waals surface area contributed by atoms with E-state index in [1.807, 2.05) is 12.1 Å². The number of nitrogen functional groups attached to an aromatic ring is 1. The van der Waals surface area contributed by atoms with Gasteiger partial charge < -0.3 is 10.6 Å². The zero-order valence-corrected chi connectivity index (χ0v) is 10.1. The fraction of sp³-hybridized carbons (Fsp3) is 0.417. The zero-order chi connectivity index (χ0) is 11.7. The molecule has 0 saturated carbocycles. The Balaban J connectivity index is 2.26. The third-order valence-electron chi connectivity index (χ3n) is 3.02. The van der Waals surface area contributed by atoms with Crippen LogP contribution in [0.4, 0.5) is 5.69 Å². The van der Waals surface area contributed by atoms with E-state index in [-0.39, 0.29) is 5.84 Å². The molecule has 0 aliphatic carbocycles. The van der Waals surface area contributed by atoms with Gasteiger partial charge in [-0.05, 0) is 30.5 Å². The van der Waals surface area contributed by atoms with Crippen LogP contribution in [-0.4, -0.2) is 18.9 Å². The normalized spacial score (nSPS) is 20.1. The van der Waals surface area contributed by atoms with Crippen LogP contribution < -0.4 is 10.6 Å². The first kappa shape index (κ1) is 11.3. The van der Waals surface area contributed by atoms with Gasteiger partial charge in [-0.25, -0.2) is 0 Å². The number of nitrogens with zero attached hydrogens (tertiary/aromatic N) is 1. The molecule has 1 aromatic carbocycles. The predicted molar refractivity (Wildman–Crippen MR) is 68.5 cm³/mol. The van der Waals surface area contributed by atoms with Crippen molar-refractivity contribution in [2.45, 2.75) is 13.3 Å².